The van der Waals surface area contributed by atoms with E-state index in [0.717, 1.165) is 13.0 Å². The molecule has 2 heterocycles. The first-order chi connectivity index (χ1) is 7.79. The first-order valence-electron chi connectivity index (χ1n) is 5.78. The molecule has 3 heteroatoms. The highest BCUT2D eigenvalue weighted by molar-refractivity contribution is 5.86. The number of hydrogen-bond acceptors (Lipinski definition) is 2. The average molecular weight is 217 g/mol. The largest absolute Gasteiger partial charge is 0.357 e. The Kier molecular flexibility index (Phi) is 2.21. The smallest absolute Gasteiger partial charge is 0.232 e. The average Bonchev–Trinajstić information content (AvgIpc) is 2.74. The SMILES string of the molecule is C[C@@H](c1ccccc1)N1C(=O)[C@H]2CCO[C@H]21. The first-order valence-corrected chi connectivity index (χ1v) is 5.78. The van der Waals surface area contributed by atoms with Gasteiger partial charge in [-0.1, -0.05) is 30.3 Å². The molecule has 2 aliphatic rings. The number of nitrogens with zero attached hydrogens (tertiary/aromatic N) is 1. The Labute approximate surface area is 95.0 Å². The van der Waals surface area contributed by atoms with Crippen LogP contribution in [0.25, 0.3) is 0 Å². The number of carbonyl (C=O) groups is 1. The van der Waals surface area contributed by atoms with Crippen molar-refractivity contribution in [2.24, 2.45) is 5.92 Å². The van der Waals surface area contributed by atoms with Crippen molar-refractivity contribution in [1.82, 2.24) is 4.90 Å². The lowest BCUT2D eigenvalue weighted by molar-refractivity contribution is -0.181. The van der Waals surface area contributed by atoms with Crippen molar-refractivity contribution < 1.29 is 9.53 Å². The summed E-state index contributed by atoms with van der Waals surface area (Å²) in [7, 11) is 0. The number of ether oxygens (including phenoxy) is 1. The number of carbonyl (C=O) groups excluding carboxylic acids is 1. The molecule has 3 rings (SSSR count). The minimum Gasteiger partial charge on any atom is -0.357 e. The fourth-order valence-electron chi connectivity index (χ4n) is 2.63. The van der Waals surface area contributed by atoms with Gasteiger partial charge in [0.25, 0.3) is 0 Å². The summed E-state index contributed by atoms with van der Waals surface area (Å²) < 4.78 is 5.58. The van der Waals surface area contributed by atoms with Gasteiger partial charge < -0.3 is 9.64 Å². The summed E-state index contributed by atoms with van der Waals surface area (Å²) in [5.74, 6) is 0.380. The lowest BCUT2D eigenvalue weighted by Crippen LogP contribution is -2.59. The zero-order valence-electron chi connectivity index (χ0n) is 9.30. The maximum absolute atomic E-state index is 11.9. The van der Waals surface area contributed by atoms with E-state index >= 15 is 0 Å². The number of β-lactam (4-membered cyclic amide) rings is 1. The maximum Gasteiger partial charge on any atom is 0.232 e. The van der Waals surface area contributed by atoms with E-state index in [1.54, 1.807) is 0 Å². The van der Waals surface area contributed by atoms with Gasteiger partial charge in [-0.3, -0.25) is 4.79 Å². The van der Waals surface area contributed by atoms with Gasteiger partial charge in [-0.2, -0.15) is 0 Å². The molecule has 3 nitrogen and oxygen atoms in total. The van der Waals surface area contributed by atoms with Crippen LogP contribution in [0, 0.1) is 5.92 Å². The van der Waals surface area contributed by atoms with Crippen LogP contribution in [-0.4, -0.2) is 23.6 Å². The lowest BCUT2D eigenvalue weighted by Gasteiger charge is -2.45. The summed E-state index contributed by atoms with van der Waals surface area (Å²) >= 11 is 0. The molecule has 0 bridgehead atoms. The van der Waals surface area contributed by atoms with Gasteiger partial charge in [0.2, 0.25) is 5.91 Å². The van der Waals surface area contributed by atoms with Crippen molar-refractivity contribution in [3.63, 3.8) is 0 Å². The third-order valence-corrected chi connectivity index (χ3v) is 3.61. The monoisotopic (exact) mass is 217 g/mol. The maximum atomic E-state index is 11.9. The molecule has 0 N–H and O–H groups in total. The van der Waals surface area contributed by atoms with E-state index < -0.39 is 0 Å². The van der Waals surface area contributed by atoms with Gasteiger partial charge in [-0.05, 0) is 18.9 Å². The summed E-state index contributed by atoms with van der Waals surface area (Å²) in [6.45, 7) is 2.78. The molecular formula is C13H15NO2. The summed E-state index contributed by atoms with van der Waals surface area (Å²) in [6.07, 6.45) is 0.921. The van der Waals surface area contributed by atoms with Crippen molar-refractivity contribution in [2.45, 2.75) is 25.6 Å². The molecule has 0 aromatic heterocycles. The predicted octanol–water partition coefficient (Wildman–Crippen LogP) is 1.95. The Balaban J connectivity index is 1.81. The van der Waals surface area contributed by atoms with Crippen LogP contribution in [0.1, 0.15) is 24.9 Å². The number of fused-ring (bicyclic) bond motifs is 1. The molecule has 0 spiro atoms. The van der Waals surface area contributed by atoms with Gasteiger partial charge in [-0.15, -0.1) is 0 Å². The molecule has 2 fully saturated rings. The molecule has 1 aromatic rings. The third kappa shape index (κ3) is 1.28. The summed E-state index contributed by atoms with van der Waals surface area (Å²) in [5.41, 5.74) is 1.17. The molecule has 0 radical (unpaired) electrons. The van der Waals surface area contributed by atoms with Gasteiger partial charge in [-0.25, -0.2) is 0 Å². The summed E-state index contributed by atoms with van der Waals surface area (Å²) in [4.78, 5) is 13.8. The normalized spacial score (nSPS) is 29.8. The van der Waals surface area contributed by atoms with Crippen molar-refractivity contribution >= 4 is 5.91 Å². The Morgan fingerprint density at radius 2 is 2.12 bits per heavy atom. The van der Waals surface area contributed by atoms with Crippen LogP contribution in [-0.2, 0) is 9.53 Å². The van der Waals surface area contributed by atoms with Gasteiger partial charge in [0.15, 0.2) is 0 Å². The molecule has 3 atom stereocenters. The predicted molar refractivity (Wildman–Crippen MR) is 59.6 cm³/mol. The molecule has 1 aromatic carbocycles. The zero-order chi connectivity index (χ0) is 11.1. The minimum absolute atomic E-state index is 0.0303. The van der Waals surface area contributed by atoms with Crippen molar-refractivity contribution in [1.29, 1.82) is 0 Å². The topological polar surface area (TPSA) is 29.5 Å². The van der Waals surface area contributed by atoms with E-state index in [1.165, 1.54) is 5.56 Å². The number of benzene rings is 1. The van der Waals surface area contributed by atoms with E-state index in [0.29, 0.717) is 0 Å². The quantitative estimate of drug-likeness (QED) is 0.709. The van der Waals surface area contributed by atoms with Crippen LogP contribution in [0.2, 0.25) is 0 Å². The van der Waals surface area contributed by atoms with E-state index in [1.807, 2.05) is 23.1 Å². The van der Waals surface area contributed by atoms with Crippen LogP contribution >= 0.6 is 0 Å². The lowest BCUT2D eigenvalue weighted by atomic mass is 9.91. The second kappa shape index (κ2) is 3.59. The van der Waals surface area contributed by atoms with Crippen LogP contribution in [0.4, 0.5) is 0 Å². The molecule has 0 saturated carbocycles. The Hall–Kier alpha value is -1.35. The van der Waals surface area contributed by atoms with Gasteiger partial charge >= 0.3 is 0 Å². The van der Waals surface area contributed by atoms with E-state index in [2.05, 4.69) is 19.1 Å². The highest BCUT2D eigenvalue weighted by Crippen LogP contribution is 2.41. The van der Waals surface area contributed by atoms with Gasteiger partial charge in [0, 0.05) is 0 Å². The molecular weight excluding hydrogens is 202 g/mol. The number of likely N-dealkylation sites (tertiary alicyclic amines) is 1. The first kappa shape index (κ1) is 9.85. The van der Waals surface area contributed by atoms with Gasteiger partial charge in [0.1, 0.15) is 6.23 Å². The second-order valence-electron chi connectivity index (χ2n) is 4.49. The van der Waals surface area contributed by atoms with Crippen molar-refractivity contribution in [2.75, 3.05) is 6.61 Å². The second-order valence-corrected chi connectivity index (χ2v) is 4.49. The van der Waals surface area contributed by atoms with Gasteiger partial charge in [0.05, 0.1) is 18.6 Å². The zero-order valence-corrected chi connectivity index (χ0v) is 9.30. The fourth-order valence-corrected chi connectivity index (χ4v) is 2.63. The van der Waals surface area contributed by atoms with E-state index in [-0.39, 0.29) is 24.1 Å². The Morgan fingerprint density at radius 3 is 2.88 bits per heavy atom. The molecule has 0 aliphatic carbocycles. The molecule has 84 valence electrons. The van der Waals surface area contributed by atoms with Crippen LogP contribution < -0.4 is 0 Å². The standard InChI is InChI=1S/C13H15NO2/c1-9(10-5-3-2-4-6-10)14-12(15)11-7-8-16-13(11)14/h2-6,9,11,13H,7-8H2,1H3/t9-,11+,13+/m0/s1. The minimum atomic E-state index is 0.0303. The molecule has 2 aliphatic heterocycles. The summed E-state index contributed by atoms with van der Waals surface area (Å²) in [5, 5.41) is 0. The Morgan fingerprint density at radius 1 is 1.38 bits per heavy atom. The fraction of sp³-hybridized carbons (Fsp3) is 0.462. The molecule has 1 amide bonds. The third-order valence-electron chi connectivity index (χ3n) is 3.61. The number of hydrogen-bond donors (Lipinski definition) is 0. The number of rotatable bonds is 2. The molecule has 2 saturated heterocycles. The van der Waals surface area contributed by atoms with Crippen LogP contribution in [0.5, 0.6) is 0 Å². The molecule has 16 heavy (non-hydrogen) atoms. The van der Waals surface area contributed by atoms with Crippen LogP contribution in [0.3, 0.4) is 0 Å². The Bertz CT molecular complexity index is 404. The van der Waals surface area contributed by atoms with Crippen molar-refractivity contribution in [3.8, 4) is 0 Å². The highest BCUT2D eigenvalue weighted by atomic mass is 16.5. The van der Waals surface area contributed by atoms with Crippen LogP contribution in [0.15, 0.2) is 30.3 Å². The summed E-state index contributed by atoms with van der Waals surface area (Å²) in [6, 6.07) is 10.2. The van der Waals surface area contributed by atoms with E-state index in [9.17, 15) is 4.79 Å². The van der Waals surface area contributed by atoms with E-state index in [4.69, 9.17) is 4.74 Å². The number of amides is 1. The van der Waals surface area contributed by atoms with Crippen molar-refractivity contribution in [3.05, 3.63) is 35.9 Å². The molecule has 0 unspecified atom stereocenters. The highest BCUT2D eigenvalue weighted by Gasteiger charge is 2.52.